The van der Waals surface area contributed by atoms with E-state index in [0.29, 0.717) is 13.0 Å². The van der Waals surface area contributed by atoms with E-state index < -0.39 is 11.5 Å². The van der Waals surface area contributed by atoms with Gasteiger partial charge in [0.15, 0.2) is 5.78 Å². The molecule has 1 fully saturated rings. The van der Waals surface area contributed by atoms with Gasteiger partial charge in [-0.15, -0.1) is 0 Å². The monoisotopic (exact) mass is 409 g/mol. The zero-order valence-corrected chi connectivity index (χ0v) is 17.8. The molecule has 0 radical (unpaired) electrons. The van der Waals surface area contributed by atoms with Crippen molar-refractivity contribution in [3.8, 4) is 5.75 Å². The van der Waals surface area contributed by atoms with E-state index in [9.17, 15) is 9.59 Å². The molecule has 0 aliphatic carbocycles. The molecule has 1 saturated heterocycles. The number of ether oxygens (including phenoxy) is 1. The lowest BCUT2D eigenvalue weighted by atomic mass is 9.80. The molecule has 3 rings (SSSR count). The summed E-state index contributed by atoms with van der Waals surface area (Å²) < 4.78 is 5.86. The van der Waals surface area contributed by atoms with Crippen LogP contribution in [0.15, 0.2) is 54.6 Å². The average Bonchev–Trinajstić information content (AvgIpc) is 2.76. The molecular weight excluding hydrogens is 378 g/mol. The zero-order chi connectivity index (χ0) is 21.6. The van der Waals surface area contributed by atoms with Crippen molar-refractivity contribution in [2.45, 2.75) is 51.0 Å². The fourth-order valence-corrected chi connectivity index (χ4v) is 4.21. The van der Waals surface area contributed by atoms with Crippen molar-refractivity contribution in [3.05, 3.63) is 65.7 Å². The SMILES string of the molecule is C[C@H](CC(=O)C1(C)CCCCN1CCOc1ccccc1)c1ccc(C(=O)O)cc1. The first-order chi connectivity index (χ1) is 14.4. The largest absolute Gasteiger partial charge is 0.492 e. The summed E-state index contributed by atoms with van der Waals surface area (Å²) in [4.78, 5) is 26.7. The minimum atomic E-state index is -0.937. The number of nitrogens with zero attached hydrogens (tertiary/aromatic N) is 1. The van der Waals surface area contributed by atoms with E-state index in [1.165, 1.54) is 0 Å². The van der Waals surface area contributed by atoms with Crippen LogP contribution in [0, 0.1) is 0 Å². The number of carboxylic acid groups (broad SMARTS) is 1. The average molecular weight is 410 g/mol. The van der Waals surface area contributed by atoms with Gasteiger partial charge in [-0.1, -0.05) is 37.3 Å². The van der Waals surface area contributed by atoms with Gasteiger partial charge in [-0.25, -0.2) is 4.79 Å². The van der Waals surface area contributed by atoms with Crippen LogP contribution in [0.3, 0.4) is 0 Å². The number of para-hydroxylation sites is 1. The summed E-state index contributed by atoms with van der Waals surface area (Å²) in [6.07, 6.45) is 3.46. The van der Waals surface area contributed by atoms with Crippen LogP contribution >= 0.6 is 0 Å². The number of ketones is 1. The number of benzene rings is 2. The Morgan fingerprint density at radius 3 is 2.47 bits per heavy atom. The Morgan fingerprint density at radius 1 is 1.10 bits per heavy atom. The van der Waals surface area contributed by atoms with E-state index in [1.807, 2.05) is 49.4 Å². The van der Waals surface area contributed by atoms with Gasteiger partial charge in [0.2, 0.25) is 0 Å². The van der Waals surface area contributed by atoms with Crippen LogP contribution in [-0.2, 0) is 4.79 Å². The molecule has 2 atom stereocenters. The van der Waals surface area contributed by atoms with Crippen molar-refractivity contribution in [2.75, 3.05) is 19.7 Å². The number of rotatable bonds is 9. The lowest BCUT2D eigenvalue weighted by Gasteiger charge is -2.44. The van der Waals surface area contributed by atoms with Crippen LogP contribution in [0.5, 0.6) is 5.75 Å². The first-order valence-corrected chi connectivity index (χ1v) is 10.7. The highest BCUT2D eigenvalue weighted by Crippen LogP contribution is 2.32. The molecule has 160 valence electrons. The molecule has 1 aliphatic heterocycles. The molecule has 30 heavy (non-hydrogen) atoms. The van der Waals surface area contributed by atoms with Crippen molar-refractivity contribution in [3.63, 3.8) is 0 Å². The molecule has 2 aromatic carbocycles. The number of carbonyl (C=O) groups is 2. The molecule has 1 aliphatic rings. The topological polar surface area (TPSA) is 66.8 Å². The Bertz CT molecular complexity index is 849. The third-order valence-electron chi connectivity index (χ3n) is 6.23. The number of carboxylic acids is 1. The maximum absolute atomic E-state index is 13.3. The number of likely N-dealkylation sites (tertiary alicyclic amines) is 1. The molecule has 2 aromatic rings. The predicted molar refractivity (Wildman–Crippen MR) is 117 cm³/mol. The maximum Gasteiger partial charge on any atom is 0.335 e. The summed E-state index contributed by atoms with van der Waals surface area (Å²) in [7, 11) is 0. The second kappa shape index (κ2) is 9.90. The van der Waals surface area contributed by atoms with Crippen LogP contribution in [0.2, 0.25) is 0 Å². The summed E-state index contributed by atoms with van der Waals surface area (Å²) in [6, 6.07) is 16.6. The van der Waals surface area contributed by atoms with E-state index in [-0.39, 0.29) is 17.3 Å². The maximum atomic E-state index is 13.3. The van der Waals surface area contributed by atoms with Gasteiger partial charge in [-0.3, -0.25) is 9.69 Å². The van der Waals surface area contributed by atoms with Gasteiger partial charge >= 0.3 is 5.97 Å². The molecule has 0 bridgehead atoms. The third-order valence-corrected chi connectivity index (χ3v) is 6.23. The molecule has 0 aromatic heterocycles. The Morgan fingerprint density at radius 2 is 1.80 bits per heavy atom. The minimum Gasteiger partial charge on any atom is -0.492 e. The van der Waals surface area contributed by atoms with E-state index >= 15 is 0 Å². The number of carbonyl (C=O) groups excluding carboxylic acids is 1. The minimum absolute atomic E-state index is 0.0431. The number of hydrogen-bond acceptors (Lipinski definition) is 4. The van der Waals surface area contributed by atoms with Gasteiger partial charge in [0.05, 0.1) is 11.1 Å². The molecule has 5 heteroatoms. The Balaban J connectivity index is 1.61. The van der Waals surface area contributed by atoms with E-state index in [1.54, 1.807) is 12.1 Å². The molecule has 0 amide bonds. The van der Waals surface area contributed by atoms with Crippen molar-refractivity contribution >= 4 is 11.8 Å². The summed E-state index contributed by atoms with van der Waals surface area (Å²) in [5, 5.41) is 9.07. The Kier molecular flexibility index (Phi) is 7.27. The van der Waals surface area contributed by atoms with Crippen LogP contribution in [0.1, 0.15) is 61.4 Å². The van der Waals surface area contributed by atoms with Gasteiger partial charge < -0.3 is 9.84 Å². The highest BCUT2D eigenvalue weighted by molar-refractivity contribution is 5.89. The molecule has 1 heterocycles. The predicted octanol–water partition coefficient (Wildman–Crippen LogP) is 4.77. The Hall–Kier alpha value is -2.66. The summed E-state index contributed by atoms with van der Waals surface area (Å²) in [6.45, 7) is 6.28. The fraction of sp³-hybridized carbons (Fsp3) is 0.440. The summed E-state index contributed by atoms with van der Waals surface area (Å²) in [5.74, 6) is 0.201. The van der Waals surface area contributed by atoms with Crippen LogP contribution in [0.4, 0.5) is 0 Å². The van der Waals surface area contributed by atoms with Crippen molar-refractivity contribution in [1.29, 1.82) is 0 Å². The molecule has 1 unspecified atom stereocenters. The van der Waals surface area contributed by atoms with E-state index in [2.05, 4.69) is 11.8 Å². The van der Waals surface area contributed by atoms with Gasteiger partial charge in [-0.2, -0.15) is 0 Å². The number of aromatic carboxylic acids is 1. The number of piperidine rings is 1. The third kappa shape index (κ3) is 5.28. The second-order valence-corrected chi connectivity index (χ2v) is 8.34. The van der Waals surface area contributed by atoms with E-state index in [0.717, 1.165) is 43.7 Å². The first kappa shape index (κ1) is 22.0. The molecule has 5 nitrogen and oxygen atoms in total. The molecule has 0 spiro atoms. The second-order valence-electron chi connectivity index (χ2n) is 8.34. The van der Waals surface area contributed by atoms with Crippen molar-refractivity contribution in [2.24, 2.45) is 0 Å². The van der Waals surface area contributed by atoms with Crippen molar-refractivity contribution < 1.29 is 19.4 Å². The Labute approximate surface area is 178 Å². The normalized spacial score (nSPS) is 20.5. The van der Waals surface area contributed by atoms with Gasteiger partial charge in [0, 0.05) is 13.0 Å². The highest BCUT2D eigenvalue weighted by Gasteiger charge is 2.40. The molecular formula is C25H31NO4. The standard InChI is InChI=1S/C25H31NO4/c1-19(20-10-12-21(13-11-20)24(28)29)18-23(27)25(2)14-6-7-15-26(25)16-17-30-22-8-4-3-5-9-22/h3-5,8-13,19H,6-7,14-18H2,1-2H3,(H,28,29)/t19-,25?/m1/s1. The lowest BCUT2D eigenvalue weighted by molar-refractivity contribution is -0.133. The summed E-state index contributed by atoms with van der Waals surface area (Å²) >= 11 is 0. The van der Waals surface area contributed by atoms with Crippen molar-refractivity contribution in [1.82, 2.24) is 4.90 Å². The smallest absolute Gasteiger partial charge is 0.335 e. The molecule has 0 saturated carbocycles. The van der Waals surface area contributed by atoms with Crippen LogP contribution < -0.4 is 4.74 Å². The van der Waals surface area contributed by atoms with Gasteiger partial charge in [0.1, 0.15) is 12.4 Å². The van der Waals surface area contributed by atoms with Crippen LogP contribution in [0.25, 0.3) is 0 Å². The van der Waals surface area contributed by atoms with Crippen LogP contribution in [-0.4, -0.2) is 47.0 Å². The first-order valence-electron chi connectivity index (χ1n) is 10.7. The molecule has 1 N–H and O–H groups in total. The van der Waals surface area contributed by atoms with Gasteiger partial charge in [0.25, 0.3) is 0 Å². The lowest BCUT2D eigenvalue weighted by Crippen LogP contribution is -2.56. The summed E-state index contributed by atoms with van der Waals surface area (Å²) in [5.41, 5.74) is 0.779. The number of Topliss-reactive ketones (excluding diaryl/α,β-unsaturated/α-hetero) is 1. The quantitative estimate of drug-likeness (QED) is 0.646. The van der Waals surface area contributed by atoms with Gasteiger partial charge in [-0.05, 0) is 68.5 Å². The zero-order valence-electron chi connectivity index (χ0n) is 17.8. The number of hydrogen-bond donors (Lipinski definition) is 1. The van der Waals surface area contributed by atoms with E-state index in [4.69, 9.17) is 9.84 Å². The highest BCUT2D eigenvalue weighted by atomic mass is 16.5. The fourth-order valence-electron chi connectivity index (χ4n) is 4.21.